The lowest BCUT2D eigenvalue weighted by Gasteiger charge is -2.36. The summed E-state index contributed by atoms with van der Waals surface area (Å²) in [6.45, 7) is 7.47. The molecule has 1 aliphatic rings. The largest absolute Gasteiger partial charge is 0.370 e. The van der Waals surface area contributed by atoms with E-state index in [1.165, 1.54) is 5.56 Å². The van der Waals surface area contributed by atoms with Crippen molar-refractivity contribution < 1.29 is 4.74 Å². The third kappa shape index (κ3) is 3.47. The molecule has 0 saturated carbocycles. The molecule has 0 aliphatic carbocycles. The Bertz CT molecular complexity index is 377. The highest BCUT2D eigenvalue weighted by Gasteiger charge is 2.28. The Morgan fingerprint density at radius 1 is 1.33 bits per heavy atom. The molecule has 1 aliphatic heterocycles. The van der Waals surface area contributed by atoms with E-state index >= 15 is 0 Å². The van der Waals surface area contributed by atoms with Crippen LogP contribution >= 0.6 is 11.6 Å². The van der Waals surface area contributed by atoms with E-state index in [-0.39, 0.29) is 6.10 Å². The van der Waals surface area contributed by atoms with E-state index in [1.807, 2.05) is 24.3 Å². The van der Waals surface area contributed by atoms with Crippen molar-refractivity contribution in [3.05, 3.63) is 34.9 Å². The van der Waals surface area contributed by atoms with Crippen LogP contribution in [0.2, 0.25) is 5.02 Å². The predicted molar refractivity (Wildman–Crippen MR) is 76.0 cm³/mol. The van der Waals surface area contributed by atoms with Gasteiger partial charge in [0.2, 0.25) is 0 Å². The fourth-order valence-corrected chi connectivity index (χ4v) is 2.74. The molecule has 1 fully saturated rings. The third-order valence-corrected chi connectivity index (χ3v) is 3.64. The molecule has 1 heterocycles. The number of benzene rings is 1. The summed E-state index contributed by atoms with van der Waals surface area (Å²) in [4.78, 5) is 0. The standard InChI is InChI=1S/C15H22ClNO/c1-10(2)8-14-9-18-15(11(3)17-14)12-4-6-13(16)7-5-12/h4-7,10-11,14-15,17H,8-9H2,1-3H3. The first kappa shape index (κ1) is 13.9. The van der Waals surface area contributed by atoms with Gasteiger partial charge in [-0.05, 0) is 37.0 Å². The number of hydrogen-bond donors (Lipinski definition) is 1. The van der Waals surface area contributed by atoms with Crippen molar-refractivity contribution in [2.45, 2.75) is 45.4 Å². The molecule has 1 N–H and O–H groups in total. The Labute approximate surface area is 115 Å². The van der Waals surface area contributed by atoms with Gasteiger partial charge in [-0.3, -0.25) is 0 Å². The Morgan fingerprint density at radius 2 is 2.00 bits per heavy atom. The molecule has 1 saturated heterocycles. The summed E-state index contributed by atoms with van der Waals surface area (Å²) in [7, 11) is 0. The summed E-state index contributed by atoms with van der Waals surface area (Å²) < 4.78 is 6.02. The molecule has 1 aromatic carbocycles. The molecule has 18 heavy (non-hydrogen) atoms. The zero-order valence-corrected chi connectivity index (χ0v) is 12.1. The first-order chi connectivity index (χ1) is 8.56. The lowest BCUT2D eigenvalue weighted by molar-refractivity contribution is -0.0283. The van der Waals surface area contributed by atoms with Gasteiger partial charge < -0.3 is 10.1 Å². The van der Waals surface area contributed by atoms with E-state index < -0.39 is 0 Å². The van der Waals surface area contributed by atoms with Crippen LogP contribution in [0.25, 0.3) is 0 Å². The van der Waals surface area contributed by atoms with E-state index in [4.69, 9.17) is 16.3 Å². The van der Waals surface area contributed by atoms with Gasteiger partial charge >= 0.3 is 0 Å². The van der Waals surface area contributed by atoms with Crippen LogP contribution in [0.15, 0.2) is 24.3 Å². The van der Waals surface area contributed by atoms with Crippen molar-refractivity contribution in [2.75, 3.05) is 6.61 Å². The summed E-state index contributed by atoms with van der Waals surface area (Å²) in [5, 5.41) is 4.42. The molecule has 0 aromatic heterocycles. The van der Waals surface area contributed by atoms with E-state index in [1.54, 1.807) is 0 Å². The van der Waals surface area contributed by atoms with Gasteiger partial charge in [0.1, 0.15) is 0 Å². The molecule has 0 radical (unpaired) electrons. The highest BCUT2D eigenvalue weighted by molar-refractivity contribution is 6.30. The third-order valence-electron chi connectivity index (χ3n) is 3.38. The van der Waals surface area contributed by atoms with Gasteiger partial charge in [-0.2, -0.15) is 0 Å². The molecular formula is C15H22ClNO. The van der Waals surface area contributed by atoms with Crippen LogP contribution in [0, 0.1) is 5.92 Å². The molecule has 3 atom stereocenters. The first-order valence-electron chi connectivity index (χ1n) is 6.69. The second-order valence-electron chi connectivity index (χ2n) is 5.59. The summed E-state index contributed by atoms with van der Waals surface area (Å²) in [6, 6.07) is 8.76. The van der Waals surface area contributed by atoms with Gasteiger partial charge in [-0.25, -0.2) is 0 Å². The lowest BCUT2D eigenvalue weighted by Crippen LogP contribution is -2.49. The first-order valence-corrected chi connectivity index (χ1v) is 7.07. The zero-order valence-electron chi connectivity index (χ0n) is 11.3. The SMILES string of the molecule is CC(C)CC1COC(c2ccc(Cl)cc2)C(C)N1. The normalized spacial score (nSPS) is 28.6. The highest BCUT2D eigenvalue weighted by Crippen LogP contribution is 2.27. The molecule has 3 unspecified atom stereocenters. The van der Waals surface area contributed by atoms with Crippen molar-refractivity contribution in [1.82, 2.24) is 5.32 Å². The minimum absolute atomic E-state index is 0.130. The van der Waals surface area contributed by atoms with Crippen LogP contribution < -0.4 is 5.32 Å². The average molecular weight is 268 g/mol. The van der Waals surface area contributed by atoms with Crippen molar-refractivity contribution in [2.24, 2.45) is 5.92 Å². The molecule has 0 amide bonds. The minimum atomic E-state index is 0.130. The van der Waals surface area contributed by atoms with Crippen molar-refractivity contribution >= 4 is 11.6 Å². The zero-order chi connectivity index (χ0) is 13.1. The summed E-state index contributed by atoms with van der Waals surface area (Å²) >= 11 is 5.91. The smallest absolute Gasteiger partial charge is 0.0975 e. The van der Waals surface area contributed by atoms with E-state index in [0.29, 0.717) is 18.0 Å². The van der Waals surface area contributed by atoms with Crippen LogP contribution in [0.4, 0.5) is 0 Å². The number of halogens is 1. The van der Waals surface area contributed by atoms with Crippen LogP contribution in [-0.4, -0.2) is 18.7 Å². The monoisotopic (exact) mass is 267 g/mol. The van der Waals surface area contributed by atoms with Gasteiger partial charge in [0.25, 0.3) is 0 Å². The number of hydrogen-bond acceptors (Lipinski definition) is 2. The number of nitrogens with one attached hydrogen (secondary N) is 1. The molecule has 2 nitrogen and oxygen atoms in total. The maximum absolute atomic E-state index is 6.02. The molecular weight excluding hydrogens is 246 g/mol. The van der Waals surface area contributed by atoms with Crippen LogP contribution in [0.5, 0.6) is 0 Å². The highest BCUT2D eigenvalue weighted by atomic mass is 35.5. The van der Waals surface area contributed by atoms with Crippen molar-refractivity contribution in [3.8, 4) is 0 Å². The molecule has 2 rings (SSSR count). The maximum Gasteiger partial charge on any atom is 0.0975 e. The van der Waals surface area contributed by atoms with E-state index in [9.17, 15) is 0 Å². The van der Waals surface area contributed by atoms with Gasteiger partial charge in [0.15, 0.2) is 0 Å². The quantitative estimate of drug-likeness (QED) is 0.899. The Hall–Kier alpha value is -0.570. The topological polar surface area (TPSA) is 21.3 Å². The van der Waals surface area contributed by atoms with Crippen molar-refractivity contribution in [1.29, 1.82) is 0 Å². The fraction of sp³-hybridized carbons (Fsp3) is 0.600. The summed E-state index contributed by atoms with van der Waals surface area (Å²) in [6.07, 6.45) is 1.29. The fourth-order valence-electron chi connectivity index (χ4n) is 2.61. The van der Waals surface area contributed by atoms with Crippen molar-refractivity contribution in [3.63, 3.8) is 0 Å². The van der Waals surface area contributed by atoms with Gasteiger partial charge in [-0.1, -0.05) is 37.6 Å². The van der Waals surface area contributed by atoms with E-state index in [0.717, 1.165) is 18.1 Å². The van der Waals surface area contributed by atoms with Crippen LogP contribution in [0.1, 0.15) is 38.9 Å². The molecule has 0 spiro atoms. The molecule has 100 valence electrons. The number of rotatable bonds is 3. The summed E-state index contributed by atoms with van der Waals surface area (Å²) in [5.41, 5.74) is 1.20. The van der Waals surface area contributed by atoms with Gasteiger partial charge in [0.05, 0.1) is 12.7 Å². The molecule has 0 bridgehead atoms. The number of ether oxygens (including phenoxy) is 1. The Morgan fingerprint density at radius 3 is 2.56 bits per heavy atom. The second-order valence-corrected chi connectivity index (χ2v) is 6.02. The molecule has 3 heteroatoms. The lowest BCUT2D eigenvalue weighted by atomic mass is 9.97. The second kappa shape index (κ2) is 6.05. The number of morpholine rings is 1. The van der Waals surface area contributed by atoms with Gasteiger partial charge in [-0.15, -0.1) is 0 Å². The minimum Gasteiger partial charge on any atom is -0.370 e. The van der Waals surface area contributed by atoms with Crippen LogP contribution in [-0.2, 0) is 4.74 Å². The maximum atomic E-state index is 6.02. The van der Waals surface area contributed by atoms with Gasteiger partial charge in [0, 0.05) is 17.1 Å². The predicted octanol–water partition coefficient (Wildman–Crippen LogP) is 3.80. The average Bonchev–Trinajstić information content (AvgIpc) is 2.30. The van der Waals surface area contributed by atoms with Crippen LogP contribution in [0.3, 0.4) is 0 Å². The van der Waals surface area contributed by atoms with E-state index in [2.05, 4.69) is 26.1 Å². The Kier molecular flexibility index (Phi) is 4.66. The summed E-state index contributed by atoms with van der Waals surface area (Å²) in [5.74, 6) is 0.699. The molecule has 1 aromatic rings. The Balaban J connectivity index is 1.99.